The quantitative estimate of drug-likeness (QED) is 0.726. The summed E-state index contributed by atoms with van der Waals surface area (Å²) in [5, 5.41) is 5.65. The number of anilines is 1. The molecule has 2 amide bonds. The number of nitrogens with one attached hydrogen (secondary N) is 2. The van der Waals surface area contributed by atoms with E-state index in [0.29, 0.717) is 23.5 Å². The lowest BCUT2D eigenvalue weighted by atomic mass is 9.87. The molecule has 6 nitrogen and oxygen atoms in total. The normalized spacial score (nSPS) is 16.2. The molecule has 0 bridgehead atoms. The van der Waals surface area contributed by atoms with Crippen molar-refractivity contribution in [3.05, 3.63) is 59.7 Å². The molecule has 1 aliphatic heterocycles. The summed E-state index contributed by atoms with van der Waals surface area (Å²) in [4.78, 5) is 24.6. The Hall–Kier alpha value is -2.86. The van der Waals surface area contributed by atoms with Crippen LogP contribution < -0.4 is 15.4 Å². The summed E-state index contributed by atoms with van der Waals surface area (Å²) >= 11 is 0. The Kier molecular flexibility index (Phi) is 7.11. The average molecular weight is 411 g/mol. The molecule has 160 valence electrons. The molecule has 2 aromatic rings. The Morgan fingerprint density at radius 3 is 2.57 bits per heavy atom. The summed E-state index contributed by atoms with van der Waals surface area (Å²) in [6.45, 7) is 7.58. The molecule has 1 atom stereocenters. The predicted molar refractivity (Wildman–Crippen MR) is 117 cm³/mol. The number of hydrogen-bond donors (Lipinski definition) is 2. The highest BCUT2D eigenvalue weighted by Crippen LogP contribution is 2.24. The van der Waals surface area contributed by atoms with Crippen LogP contribution in [-0.4, -0.2) is 37.7 Å². The topological polar surface area (TPSA) is 76.7 Å². The van der Waals surface area contributed by atoms with Crippen LogP contribution in [0, 0.1) is 0 Å². The summed E-state index contributed by atoms with van der Waals surface area (Å²) in [5.41, 5.74) is 2.31. The maximum absolute atomic E-state index is 12.3. The van der Waals surface area contributed by atoms with E-state index in [1.165, 1.54) is 5.56 Å². The van der Waals surface area contributed by atoms with Crippen molar-refractivity contribution in [1.29, 1.82) is 0 Å². The van der Waals surface area contributed by atoms with E-state index in [-0.39, 0.29) is 29.9 Å². The molecule has 2 aromatic carbocycles. The second-order valence-electron chi connectivity index (χ2n) is 8.54. The maximum Gasteiger partial charge on any atom is 0.262 e. The van der Waals surface area contributed by atoms with Crippen LogP contribution in [0.5, 0.6) is 5.75 Å². The Balaban J connectivity index is 1.49. The number of ether oxygens (including phenoxy) is 2. The van der Waals surface area contributed by atoms with Crippen molar-refractivity contribution in [3.8, 4) is 5.75 Å². The fourth-order valence-corrected chi connectivity index (χ4v) is 3.25. The number of benzene rings is 2. The predicted octanol–water partition coefficient (Wildman–Crippen LogP) is 3.91. The molecule has 30 heavy (non-hydrogen) atoms. The van der Waals surface area contributed by atoms with Crippen LogP contribution in [0.1, 0.15) is 49.5 Å². The van der Waals surface area contributed by atoms with Crippen LogP contribution in [0.4, 0.5) is 5.69 Å². The van der Waals surface area contributed by atoms with E-state index < -0.39 is 0 Å². The molecule has 0 spiro atoms. The summed E-state index contributed by atoms with van der Waals surface area (Å²) in [7, 11) is 0. The van der Waals surface area contributed by atoms with Gasteiger partial charge in [0.25, 0.3) is 11.8 Å². The van der Waals surface area contributed by atoms with Gasteiger partial charge in [-0.05, 0) is 54.2 Å². The Morgan fingerprint density at radius 2 is 1.90 bits per heavy atom. The summed E-state index contributed by atoms with van der Waals surface area (Å²) in [6, 6.07) is 14.6. The molecule has 1 saturated heterocycles. The summed E-state index contributed by atoms with van der Waals surface area (Å²) < 4.78 is 11.1. The number of rotatable bonds is 7. The van der Waals surface area contributed by atoms with E-state index in [9.17, 15) is 9.59 Å². The lowest BCUT2D eigenvalue weighted by Crippen LogP contribution is -2.31. The van der Waals surface area contributed by atoms with E-state index in [2.05, 4.69) is 31.4 Å². The second kappa shape index (κ2) is 9.76. The van der Waals surface area contributed by atoms with Gasteiger partial charge in [-0.2, -0.15) is 0 Å². The van der Waals surface area contributed by atoms with Crippen molar-refractivity contribution >= 4 is 17.5 Å². The number of amides is 2. The third-order valence-corrected chi connectivity index (χ3v) is 5.01. The lowest BCUT2D eigenvalue weighted by molar-refractivity contribution is -0.118. The Bertz CT molecular complexity index is 866. The van der Waals surface area contributed by atoms with Crippen molar-refractivity contribution in [2.75, 3.05) is 25.1 Å². The standard InChI is InChI=1S/C24H30N2O4/c1-24(2,3)18-9-11-20(12-10-18)30-16-22(27)26-19-7-4-6-17(14-19)23(28)25-15-21-8-5-13-29-21/h4,6-7,9-12,14,21H,5,8,13,15-16H2,1-3H3,(H,25,28)(H,26,27). The molecule has 1 aliphatic rings. The van der Waals surface area contributed by atoms with Crippen molar-refractivity contribution in [2.45, 2.75) is 45.1 Å². The highest BCUT2D eigenvalue weighted by Gasteiger charge is 2.17. The molecule has 1 heterocycles. The van der Waals surface area contributed by atoms with E-state index >= 15 is 0 Å². The van der Waals surface area contributed by atoms with Gasteiger partial charge in [-0.3, -0.25) is 9.59 Å². The van der Waals surface area contributed by atoms with E-state index in [4.69, 9.17) is 9.47 Å². The Labute approximate surface area is 178 Å². The van der Waals surface area contributed by atoms with Gasteiger partial charge in [0.15, 0.2) is 6.61 Å². The molecule has 0 radical (unpaired) electrons. The van der Waals surface area contributed by atoms with E-state index in [1.54, 1.807) is 24.3 Å². The first kappa shape index (κ1) is 21.8. The van der Waals surface area contributed by atoms with Crippen LogP contribution in [0.2, 0.25) is 0 Å². The monoisotopic (exact) mass is 410 g/mol. The zero-order chi connectivity index (χ0) is 21.6. The maximum atomic E-state index is 12.3. The van der Waals surface area contributed by atoms with Gasteiger partial charge in [0.2, 0.25) is 0 Å². The molecule has 0 aliphatic carbocycles. The third-order valence-electron chi connectivity index (χ3n) is 5.01. The highest BCUT2D eigenvalue weighted by molar-refractivity contribution is 5.97. The number of hydrogen-bond acceptors (Lipinski definition) is 4. The highest BCUT2D eigenvalue weighted by atomic mass is 16.5. The molecule has 3 rings (SSSR count). The minimum Gasteiger partial charge on any atom is -0.484 e. The van der Waals surface area contributed by atoms with Gasteiger partial charge in [-0.25, -0.2) is 0 Å². The molecule has 2 N–H and O–H groups in total. The van der Waals surface area contributed by atoms with E-state index in [1.807, 2.05) is 24.3 Å². The number of carbonyl (C=O) groups is 2. The molecule has 0 saturated carbocycles. The van der Waals surface area contributed by atoms with Crippen molar-refractivity contribution < 1.29 is 19.1 Å². The van der Waals surface area contributed by atoms with Gasteiger partial charge in [-0.15, -0.1) is 0 Å². The van der Waals surface area contributed by atoms with Crippen molar-refractivity contribution in [3.63, 3.8) is 0 Å². The first-order chi connectivity index (χ1) is 14.3. The third kappa shape index (κ3) is 6.32. The zero-order valence-corrected chi connectivity index (χ0v) is 17.9. The molecule has 1 fully saturated rings. The van der Waals surface area contributed by atoms with Gasteiger partial charge < -0.3 is 20.1 Å². The zero-order valence-electron chi connectivity index (χ0n) is 17.9. The number of carbonyl (C=O) groups excluding carboxylic acids is 2. The van der Waals surface area contributed by atoms with Crippen molar-refractivity contribution in [1.82, 2.24) is 5.32 Å². The minimum absolute atomic E-state index is 0.0668. The SMILES string of the molecule is CC(C)(C)c1ccc(OCC(=O)Nc2cccc(C(=O)NCC3CCCO3)c2)cc1. The average Bonchev–Trinajstić information content (AvgIpc) is 3.24. The van der Waals surface area contributed by atoms with Crippen molar-refractivity contribution in [2.24, 2.45) is 0 Å². The molecular formula is C24H30N2O4. The fourth-order valence-electron chi connectivity index (χ4n) is 3.25. The fraction of sp³-hybridized carbons (Fsp3) is 0.417. The van der Waals surface area contributed by atoms with Crippen LogP contribution in [0.15, 0.2) is 48.5 Å². The second-order valence-corrected chi connectivity index (χ2v) is 8.54. The molecule has 1 unspecified atom stereocenters. The van der Waals surface area contributed by atoms with Gasteiger partial charge in [0, 0.05) is 24.4 Å². The van der Waals surface area contributed by atoms with Crippen LogP contribution in [0.3, 0.4) is 0 Å². The van der Waals surface area contributed by atoms with Gasteiger partial charge in [0.1, 0.15) is 5.75 Å². The molecular weight excluding hydrogens is 380 g/mol. The summed E-state index contributed by atoms with van der Waals surface area (Å²) in [6.07, 6.45) is 2.09. The van der Waals surface area contributed by atoms with Gasteiger partial charge in [0.05, 0.1) is 6.10 Å². The first-order valence-electron chi connectivity index (χ1n) is 10.3. The van der Waals surface area contributed by atoms with Crippen LogP contribution >= 0.6 is 0 Å². The Morgan fingerprint density at radius 1 is 1.13 bits per heavy atom. The summed E-state index contributed by atoms with van der Waals surface area (Å²) in [5.74, 6) is 0.170. The van der Waals surface area contributed by atoms with Crippen LogP contribution in [-0.2, 0) is 14.9 Å². The largest absolute Gasteiger partial charge is 0.484 e. The van der Waals surface area contributed by atoms with E-state index in [0.717, 1.165) is 19.4 Å². The molecule has 0 aromatic heterocycles. The van der Waals surface area contributed by atoms with Crippen LogP contribution in [0.25, 0.3) is 0 Å². The van der Waals surface area contributed by atoms with Gasteiger partial charge >= 0.3 is 0 Å². The smallest absolute Gasteiger partial charge is 0.262 e. The minimum atomic E-state index is -0.285. The first-order valence-corrected chi connectivity index (χ1v) is 10.3. The molecule has 6 heteroatoms. The lowest BCUT2D eigenvalue weighted by Gasteiger charge is -2.19. The van der Waals surface area contributed by atoms with Gasteiger partial charge in [-0.1, -0.05) is 39.0 Å².